The smallest absolute Gasteiger partial charge is 0.164 e. The van der Waals surface area contributed by atoms with Gasteiger partial charge in [0.15, 0.2) is 9.84 Å². The van der Waals surface area contributed by atoms with Crippen LogP contribution in [0.15, 0.2) is 52.5 Å². The lowest BCUT2D eigenvalue weighted by Crippen LogP contribution is -2.06. The summed E-state index contributed by atoms with van der Waals surface area (Å²) >= 11 is 7.19. The van der Waals surface area contributed by atoms with Gasteiger partial charge in [-0.2, -0.15) is 0 Å². The Balaban J connectivity index is 1.75. The molecular weight excluding hydrogens is 342 g/mol. The number of aromatic nitrogens is 1. The quantitative estimate of drug-likeness (QED) is 0.690. The van der Waals surface area contributed by atoms with Crippen LogP contribution in [-0.4, -0.2) is 13.4 Å². The zero-order valence-electron chi connectivity index (χ0n) is 11.4. The molecule has 2 aromatic heterocycles. The van der Waals surface area contributed by atoms with Crippen LogP contribution < -0.4 is 0 Å². The Bertz CT molecular complexity index is 853. The molecule has 3 rings (SSSR count). The van der Waals surface area contributed by atoms with Gasteiger partial charge in [-0.1, -0.05) is 23.7 Å². The van der Waals surface area contributed by atoms with Gasteiger partial charge in [-0.15, -0.1) is 11.3 Å². The average molecular weight is 354 g/mol. The summed E-state index contributed by atoms with van der Waals surface area (Å²) in [6.45, 7) is 0. The van der Waals surface area contributed by atoms with Crippen LogP contribution in [0.25, 0.3) is 11.3 Å². The second kappa shape index (κ2) is 6.24. The second-order valence-electron chi connectivity index (χ2n) is 4.74. The van der Waals surface area contributed by atoms with Crippen LogP contribution in [0.2, 0.25) is 5.02 Å². The van der Waals surface area contributed by atoms with E-state index >= 15 is 0 Å². The highest BCUT2D eigenvalue weighted by Crippen LogP contribution is 2.25. The van der Waals surface area contributed by atoms with Crippen molar-refractivity contribution in [2.45, 2.75) is 11.5 Å². The third kappa shape index (κ3) is 3.76. The Morgan fingerprint density at radius 2 is 1.91 bits per heavy atom. The van der Waals surface area contributed by atoms with E-state index in [2.05, 4.69) is 4.98 Å². The third-order valence-corrected chi connectivity index (χ3v) is 5.70. The molecule has 0 saturated heterocycles. The van der Waals surface area contributed by atoms with Crippen molar-refractivity contribution in [1.29, 1.82) is 0 Å². The summed E-state index contributed by atoms with van der Waals surface area (Å²) in [4.78, 5) is 4.39. The zero-order valence-corrected chi connectivity index (χ0v) is 13.8. The molecule has 114 valence electrons. The largest absolute Gasteiger partial charge is 0.468 e. The van der Waals surface area contributed by atoms with Crippen molar-refractivity contribution in [2.75, 3.05) is 0 Å². The van der Waals surface area contributed by atoms with Crippen molar-refractivity contribution in [3.8, 4) is 11.3 Å². The number of hydrogen-bond acceptors (Lipinski definition) is 5. The van der Waals surface area contributed by atoms with Crippen LogP contribution in [0.5, 0.6) is 0 Å². The first-order valence-electron chi connectivity index (χ1n) is 6.45. The fourth-order valence-electron chi connectivity index (χ4n) is 1.98. The predicted molar refractivity (Wildman–Crippen MR) is 87.6 cm³/mol. The molecule has 0 amide bonds. The van der Waals surface area contributed by atoms with Crippen LogP contribution in [0.1, 0.15) is 10.8 Å². The molecule has 0 aliphatic rings. The molecule has 0 unspecified atom stereocenters. The minimum Gasteiger partial charge on any atom is -0.468 e. The number of hydrogen-bond donors (Lipinski definition) is 0. The predicted octanol–water partition coefficient (Wildman–Crippen LogP) is 4.17. The Kier molecular flexibility index (Phi) is 4.33. The second-order valence-corrected chi connectivity index (χ2v) is 8.19. The van der Waals surface area contributed by atoms with Crippen molar-refractivity contribution in [2.24, 2.45) is 0 Å². The Hall–Kier alpha value is -1.63. The number of rotatable bonds is 5. The molecule has 0 aliphatic carbocycles. The lowest BCUT2D eigenvalue weighted by atomic mass is 10.2. The molecule has 0 fully saturated rings. The maximum atomic E-state index is 12.1. The van der Waals surface area contributed by atoms with E-state index in [1.54, 1.807) is 24.3 Å². The topological polar surface area (TPSA) is 60.2 Å². The number of nitrogens with zero attached hydrogens (tertiary/aromatic N) is 1. The zero-order chi connectivity index (χ0) is 15.6. The van der Waals surface area contributed by atoms with E-state index in [1.165, 1.54) is 17.6 Å². The summed E-state index contributed by atoms with van der Waals surface area (Å²) in [6.07, 6.45) is 1.47. The molecule has 0 aliphatic heterocycles. The lowest BCUT2D eigenvalue weighted by Gasteiger charge is -2.00. The molecule has 0 N–H and O–H groups in total. The van der Waals surface area contributed by atoms with Crippen LogP contribution in [-0.2, 0) is 21.3 Å². The standard InChI is InChI=1S/C15H12ClNO3S2/c16-12-5-3-11(4-6-12)14-8-21-15(17-14)10-22(18,19)9-13-2-1-7-20-13/h1-8H,9-10H2. The first-order valence-corrected chi connectivity index (χ1v) is 9.53. The highest BCUT2D eigenvalue weighted by atomic mass is 35.5. The fraction of sp³-hybridized carbons (Fsp3) is 0.133. The van der Waals surface area contributed by atoms with E-state index < -0.39 is 9.84 Å². The van der Waals surface area contributed by atoms with E-state index in [4.69, 9.17) is 16.0 Å². The van der Waals surface area contributed by atoms with Crippen molar-refractivity contribution in [1.82, 2.24) is 4.98 Å². The molecule has 0 saturated carbocycles. The Morgan fingerprint density at radius 3 is 2.59 bits per heavy atom. The Labute approximate surface area is 137 Å². The molecular formula is C15H12ClNO3S2. The summed E-state index contributed by atoms with van der Waals surface area (Å²) < 4.78 is 29.4. The molecule has 0 atom stereocenters. The van der Waals surface area contributed by atoms with E-state index in [0.717, 1.165) is 11.3 Å². The van der Waals surface area contributed by atoms with E-state index in [-0.39, 0.29) is 11.5 Å². The molecule has 22 heavy (non-hydrogen) atoms. The molecule has 4 nitrogen and oxygen atoms in total. The van der Waals surface area contributed by atoms with Gasteiger partial charge in [-0.3, -0.25) is 0 Å². The van der Waals surface area contributed by atoms with Crippen molar-refractivity contribution in [3.05, 3.63) is 63.8 Å². The summed E-state index contributed by atoms with van der Waals surface area (Å²) in [7, 11) is -3.30. The first kappa shape index (κ1) is 15.3. The van der Waals surface area contributed by atoms with Gasteiger partial charge >= 0.3 is 0 Å². The first-order chi connectivity index (χ1) is 10.5. The van der Waals surface area contributed by atoms with Gasteiger partial charge in [0.25, 0.3) is 0 Å². The monoisotopic (exact) mass is 353 g/mol. The average Bonchev–Trinajstić information content (AvgIpc) is 3.10. The number of furan rings is 1. The molecule has 0 bridgehead atoms. The van der Waals surface area contributed by atoms with Crippen molar-refractivity contribution < 1.29 is 12.8 Å². The Morgan fingerprint density at radius 1 is 1.14 bits per heavy atom. The van der Waals surface area contributed by atoms with E-state index in [9.17, 15) is 8.42 Å². The van der Waals surface area contributed by atoms with Gasteiger partial charge in [0.05, 0.1) is 12.0 Å². The molecule has 3 aromatic rings. The van der Waals surface area contributed by atoms with Gasteiger partial charge in [0.2, 0.25) is 0 Å². The number of benzene rings is 1. The van der Waals surface area contributed by atoms with Crippen LogP contribution in [0.4, 0.5) is 0 Å². The minimum absolute atomic E-state index is 0.0913. The summed E-state index contributed by atoms with van der Waals surface area (Å²) in [6, 6.07) is 10.6. The van der Waals surface area contributed by atoms with Crippen molar-refractivity contribution >= 4 is 32.8 Å². The molecule has 1 aromatic carbocycles. The van der Waals surface area contributed by atoms with Gasteiger partial charge in [0, 0.05) is 16.0 Å². The highest BCUT2D eigenvalue weighted by molar-refractivity contribution is 7.89. The van der Waals surface area contributed by atoms with E-state index in [1.807, 2.05) is 17.5 Å². The summed E-state index contributed by atoms with van der Waals surface area (Å²) in [5.41, 5.74) is 1.67. The van der Waals surface area contributed by atoms with Crippen LogP contribution >= 0.6 is 22.9 Å². The summed E-state index contributed by atoms with van der Waals surface area (Å²) in [5.74, 6) is 0.233. The maximum Gasteiger partial charge on any atom is 0.164 e. The summed E-state index contributed by atoms with van der Waals surface area (Å²) in [5, 5.41) is 3.07. The highest BCUT2D eigenvalue weighted by Gasteiger charge is 2.17. The molecule has 2 heterocycles. The van der Waals surface area contributed by atoms with Gasteiger partial charge < -0.3 is 4.42 Å². The molecule has 0 spiro atoms. The van der Waals surface area contributed by atoms with Gasteiger partial charge in [-0.05, 0) is 24.3 Å². The SMILES string of the molecule is O=S(=O)(Cc1ccco1)Cc1nc(-c2ccc(Cl)cc2)cs1. The maximum absolute atomic E-state index is 12.1. The fourth-order valence-corrected chi connectivity index (χ4v) is 4.65. The van der Waals surface area contributed by atoms with Crippen LogP contribution in [0, 0.1) is 0 Å². The third-order valence-electron chi connectivity index (χ3n) is 2.98. The number of sulfone groups is 1. The molecule has 7 heteroatoms. The number of thiazole rings is 1. The number of halogens is 1. The van der Waals surface area contributed by atoms with Crippen molar-refractivity contribution in [3.63, 3.8) is 0 Å². The van der Waals surface area contributed by atoms with Crippen LogP contribution in [0.3, 0.4) is 0 Å². The van der Waals surface area contributed by atoms with E-state index in [0.29, 0.717) is 15.8 Å². The van der Waals surface area contributed by atoms with Gasteiger partial charge in [0.1, 0.15) is 22.3 Å². The normalized spacial score (nSPS) is 11.7. The minimum atomic E-state index is -3.30. The lowest BCUT2D eigenvalue weighted by molar-refractivity contribution is 0.520. The molecule has 0 radical (unpaired) electrons. The van der Waals surface area contributed by atoms with Gasteiger partial charge in [-0.25, -0.2) is 13.4 Å².